The average molecular weight is 764 g/mol. The molecule has 0 radical (unpaired) electrons. The smallest absolute Gasteiger partial charge is 0.407 e. The van der Waals surface area contributed by atoms with E-state index in [1.54, 1.807) is 25.1 Å². The molecule has 1 saturated carbocycles. The number of Topliss-reactive ketones (excluding diaryl/α,β-unsaturated/α-hetero) is 1. The van der Waals surface area contributed by atoms with Gasteiger partial charge in [0.2, 0.25) is 39.4 Å². The van der Waals surface area contributed by atoms with E-state index in [0.29, 0.717) is 19.3 Å². The molecule has 294 valence electrons. The van der Waals surface area contributed by atoms with E-state index in [9.17, 15) is 42.0 Å². The predicted octanol–water partition coefficient (Wildman–Crippen LogP) is 0.226. The molecule has 7 N–H and O–H groups in total. The first-order chi connectivity index (χ1) is 25.0. The molecule has 1 aromatic carbocycles. The molecule has 2 fully saturated rings. The number of hydrogen-bond donors (Lipinski definition) is 6. The Labute approximate surface area is 310 Å². The summed E-state index contributed by atoms with van der Waals surface area (Å²) in [6.45, 7) is 6.06. The Morgan fingerprint density at radius 1 is 0.943 bits per heavy atom. The number of alkyl carbamates (subject to hydrolysis) is 1. The maximum Gasteiger partial charge on any atom is 0.407 e. The first kappa shape index (κ1) is 42.8. The number of carbonyl (C=O) groups is 7. The number of ketones is 1. The molecule has 17 nitrogen and oxygen atoms in total. The van der Waals surface area contributed by atoms with Crippen LogP contribution >= 0.6 is 0 Å². The van der Waals surface area contributed by atoms with Crippen molar-refractivity contribution in [2.45, 2.75) is 114 Å². The van der Waals surface area contributed by atoms with Gasteiger partial charge in [0.15, 0.2) is 0 Å². The van der Waals surface area contributed by atoms with Gasteiger partial charge in [0, 0.05) is 12.6 Å². The van der Waals surface area contributed by atoms with Crippen LogP contribution in [0.4, 0.5) is 4.79 Å². The maximum atomic E-state index is 14.4. The van der Waals surface area contributed by atoms with E-state index in [2.05, 4.69) is 26.0 Å². The van der Waals surface area contributed by atoms with Gasteiger partial charge < -0.3 is 36.6 Å². The predicted molar refractivity (Wildman–Crippen MR) is 192 cm³/mol. The SMILES string of the molecule is CCCC(NC(=O)C1C[C@@H](NS(=O)(=O)c2ccccc2)CN1C(=O)[C@@H](NC(=O)OCC(C)C)C1CCCCC1)C(=O)C(=O)NCC(=O)N[C@@H](C)C(N)=O. The fraction of sp³-hybridized carbons (Fsp3) is 0.629. The Bertz CT molecular complexity index is 1580. The van der Waals surface area contributed by atoms with Gasteiger partial charge in [0.05, 0.1) is 24.1 Å². The number of hydrogen-bond acceptors (Lipinski definition) is 10. The van der Waals surface area contributed by atoms with Crippen LogP contribution in [0.5, 0.6) is 0 Å². The number of nitrogens with zero attached hydrogens (tertiary/aromatic N) is 1. The van der Waals surface area contributed by atoms with Gasteiger partial charge in [-0.1, -0.05) is 64.7 Å². The highest BCUT2D eigenvalue weighted by Gasteiger charge is 2.46. The third-order valence-electron chi connectivity index (χ3n) is 9.12. The molecule has 1 aliphatic heterocycles. The monoisotopic (exact) mass is 763 g/mol. The van der Waals surface area contributed by atoms with E-state index in [-0.39, 0.29) is 42.7 Å². The number of sulfonamides is 1. The third kappa shape index (κ3) is 12.8. The molecule has 0 aromatic heterocycles. The minimum absolute atomic E-state index is 0.0159. The molecule has 5 atom stereocenters. The molecular weight excluding hydrogens is 710 g/mol. The summed E-state index contributed by atoms with van der Waals surface area (Å²) < 4.78 is 34.5. The summed E-state index contributed by atoms with van der Waals surface area (Å²) in [6, 6.07) is 1.94. The molecule has 53 heavy (non-hydrogen) atoms. The second kappa shape index (κ2) is 20.0. The Morgan fingerprint density at radius 2 is 1.60 bits per heavy atom. The summed E-state index contributed by atoms with van der Waals surface area (Å²) in [4.78, 5) is 91.9. The van der Waals surface area contributed by atoms with Gasteiger partial charge in [-0.15, -0.1) is 0 Å². The molecule has 0 bridgehead atoms. The van der Waals surface area contributed by atoms with Crippen LogP contribution in [0, 0.1) is 11.8 Å². The van der Waals surface area contributed by atoms with E-state index >= 15 is 0 Å². The lowest BCUT2D eigenvalue weighted by molar-refractivity contribution is -0.143. The van der Waals surface area contributed by atoms with Gasteiger partial charge in [0.25, 0.3) is 5.91 Å². The Kier molecular flexibility index (Phi) is 16.2. The van der Waals surface area contributed by atoms with Crippen LogP contribution in [0.25, 0.3) is 0 Å². The van der Waals surface area contributed by atoms with Crippen molar-refractivity contribution < 1.29 is 46.7 Å². The second-order valence-electron chi connectivity index (χ2n) is 14.0. The third-order valence-corrected chi connectivity index (χ3v) is 10.7. The highest BCUT2D eigenvalue weighted by molar-refractivity contribution is 7.89. The summed E-state index contributed by atoms with van der Waals surface area (Å²) >= 11 is 0. The molecule has 18 heteroatoms. The van der Waals surface area contributed by atoms with Gasteiger partial charge in [-0.2, -0.15) is 0 Å². The van der Waals surface area contributed by atoms with Crippen molar-refractivity contribution in [2.24, 2.45) is 17.6 Å². The topological polar surface area (TPSA) is 252 Å². The number of benzene rings is 1. The summed E-state index contributed by atoms with van der Waals surface area (Å²) in [6.07, 6.45) is 3.32. The average Bonchev–Trinajstić information content (AvgIpc) is 3.55. The van der Waals surface area contributed by atoms with Crippen molar-refractivity contribution in [3.8, 4) is 0 Å². The Hall–Kier alpha value is -4.58. The lowest BCUT2D eigenvalue weighted by Crippen LogP contribution is -2.58. The zero-order valence-electron chi connectivity index (χ0n) is 30.7. The van der Waals surface area contributed by atoms with Gasteiger partial charge in [0.1, 0.15) is 18.1 Å². The van der Waals surface area contributed by atoms with Crippen molar-refractivity contribution in [1.82, 2.24) is 30.9 Å². The molecule has 3 rings (SSSR count). The molecule has 1 aromatic rings. The van der Waals surface area contributed by atoms with Gasteiger partial charge in [-0.25, -0.2) is 17.9 Å². The van der Waals surface area contributed by atoms with Crippen molar-refractivity contribution in [3.63, 3.8) is 0 Å². The van der Waals surface area contributed by atoms with Crippen LogP contribution < -0.4 is 31.7 Å². The number of primary amides is 1. The van der Waals surface area contributed by atoms with Gasteiger partial charge >= 0.3 is 6.09 Å². The Morgan fingerprint density at radius 3 is 2.21 bits per heavy atom. The zero-order chi connectivity index (χ0) is 39.3. The largest absolute Gasteiger partial charge is 0.449 e. The number of nitrogens with two attached hydrogens (primary N) is 1. The minimum atomic E-state index is -4.07. The molecule has 1 aliphatic carbocycles. The van der Waals surface area contributed by atoms with E-state index in [4.69, 9.17) is 10.5 Å². The van der Waals surface area contributed by atoms with E-state index in [1.165, 1.54) is 24.0 Å². The van der Waals surface area contributed by atoms with Crippen molar-refractivity contribution in [2.75, 3.05) is 19.7 Å². The van der Waals surface area contributed by atoms with E-state index < -0.39 is 88.2 Å². The first-order valence-electron chi connectivity index (χ1n) is 18.1. The summed E-state index contributed by atoms with van der Waals surface area (Å²) in [5.74, 6) is -5.43. The normalized spacial score (nSPS) is 19.4. The number of rotatable bonds is 18. The summed E-state index contributed by atoms with van der Waals surface area (Å²) in [5.41, 5.74) is 5.13. The quantitative estimate of drug-likeness (QED) is 0.111. The van der Waals surface area contributed by atoms with Crippen LogP contribution in [0.3, 0.4) is 0 Å². The second-order valence-corrected chi connectivity index (χ2v) is 15.7. The Balaban J connectivity index is 1.87. The van der Waals surface area contributed by atoms with E-state index in [1.807, 2.05) is 13.8 Å². The lowest BCUT2D eigenvalue weighted by atomic mass is 9.83. The fourth-order valence-corrected chi connectivity index (χ4v) is 7.60. The molecule has 1 saturated heterocycles. The standard InChI is InChI=1S/C35H53N7O10S/c1-5-12-26(30(44)33(47)37-18-28(43)38-22(4)31(36)45)39-32(46)27-17-24(41-53(50,51)25-15-10-7-11-16-25)19-42(27)34(48)29(23-13-8-6-9-14-23)40-35(49)52-20-21(2)3/h7,10-11,15-16,21-24,26-27,29,41H,5-6,8-9,12-14,17-20H2,1-4H3,(H2,36,45)(H,37,47)(H,38,43)(H,39,46)(H,40,49)/t22-,24+,26?,27?,29-/m0/s1. The summed E-state index contributed by atoms with van der Waals surface area (Å²) in [5, 5.41) is 9.73. The van der Waals surface area contributed by atoms with Gasteiger partial charge in [-0.3, -0.25) is 28.8 Å². The highest BCUT2D eigenvalue weighted by atomic mass is 32.2. The van der Waals surface area contributed by atoms with Crippen LogP contribution in [0.2, 0.25) is 0 Å². The molecular formula is C35H53N7O10S. The van der Waals surface area contributed by atoms with Crippen molar-refractivity contribution in [1.29, 1.82) is 0 Å². The van der Waals surface area contributed by atoms with Crippen LogP contribution in [0.15, 0.2) is 35.2 Å². The van der Waals surface area contributed by atoms with Crippen molar-refractivity contribution >= 4 is 51.4 Å². The zero-order valence-corrected chi connectivity index (χ0v) is 31.5. The van der Waals surface area contributed by atoms with Crippen LogP contribution in [-0.4, -0.2) is 105 Å². The summed E-state index contributed by atoms with van der Waals surface area (Å²) in [7, 11) is -4.07. The minimum Gasteiger partial charge on any atom is -0.449 e. The number of carbonyl (C=O) groups excluding carboxylic acids is 7. The van der Waals surface area contributed by atoms with Crippen LogP contribution in [-0.2, 0) is 43.5 Å². The molecule has 2 aliphatic rings. The number of ether oxygens (including phenoxy) is 1. The molecule has 6 amide bonds. The van der Waals surface area contributed by atoms with E-state index in [0.717, 1.165) is 19.3 Å². The highest BCUT2D eigenvalue weighted by Crippen LogP contribution is 2.30. The number of nitrogens with one attached hydrogen (secondary N) is 5. The van der Waals surface area contributed by atoms with Crippen LogP contribution in [0.1, 0.15) is 79.1 Å². The fourth-order valence-electron chi connectivity index (χ4n) is 6.33. The molecule has 2 unspecified atom stereocenters. The molecule has 1 heterocycles. The lowest BCUT2D eigenvalue weighted by Gasteiger charge is -2.34. The maximum absolute atomic E-state index is 14.4. The first-order valence-corrected chi connectivity index (χ1v) is 19.5. The number of likely N-dealkylation sites (tertiary alicyclic amines) is 1. The van der Waals surface area contributed by atoms with Crippen molar-refractivity contribution in [3.05, 3.63) is 30.3 Å². The van der Waals surface area contributed by atoms with Gasteiger partial charge in [-0.05, 0) is 56.6 Å². The number of amides is 6. The molecule has 0 spiro atoms.